The van der Waals surface area contributed by atoms with E-state index in [-0.39, 0.29) is 12.3 Å². The summed E-state index contributed by atoms with van der Waals surface area (Å²) in [7, 11) is 1.24. The number of nitrogens with one attached hydrogen (secondary N) is 5. The van der Waals surface area contributed by atoms with Gasteiger partial charge in [0, 0.05) is 13.5 Å². The van der Waals surface area contributed by atoms with Gasteiger partial charge in [0.2, 0.25) is 29.5 Å². The Morgan fingerprint density at radius 1 is 0.659 bits per heavy atom. The molecular weight excluding hydrogens is 574 g/mol. The lowest BCUT2D eigenvalue weighted by atomic mass is 10.0. The van der Waals surface area contributed by atoms with Crippen LogP contribution < -0.4 is 26.6 Å². The molecule has 0 unspecified atom stereocenters. The summed E-state index contributed by atoms with van der Waals surface area (Å²) in [6, 6.07) is -4.61. The average Bonchev–Trinajstić information content (AvgIpc) is 2.98. The van der Waals surface area contributed by atoms with Crippen molar-refractivity contribution >= 4 is 35.5 Å². The fourth-order valence-corrected chi connectivity index (χ4v) is 4.49. The zero-order valence-electron chi connectivity index (χ0n) is 26.6. The van der Waals surface area contributed by atoms with Crippen molar-refractivity contribution in [1.82, 2.24) is 26.6 Å². The van der Waals surface area contributed by atoms with Crippen molar-refractivity contribution in [3.8, 4) is 0 Å². The largest absolute Gasteiger partial charge is 0.481 e. The van der Waals surface area contributed by atoms with Gasteiger partial charge in [-0.05, 0) is 13.3 Å². The summed E-state index contributed by atoms with van der Waals surface area (Å²) in [5.41, 5.74) is 0. The Kier molecular flexibility index (Phi) is 23.2. The van der Waals surface area contributed by atoms with Crippen LogP contribution in [0.1, 0.15) is 110 Å². The van der Waals surface area contributed by atoms with Gasteiger partial charge in [-0.2, -0.15) is 0 Å². The number of aliphatic hydroxyl groups excluding tert-OH is 2. The molecule has 0 saturated heterocycles. The minimum atomic E-state index is -1.63. The molecule has 254 valence electrons. The number of hydrogen-bond acceptors (Lipinski definition) is 8. The molecule has 0 aliphatic rings. The second-order valence-corrected chi connectivity index (χ2v) is 11.1. The molecule has 0 aromatic heterocycles. The van der Waals surface area contributed by atoms with Crippen LogP contribution in [0.2, 0.25) is 0 Å². The molecular formula is C30H55N5O9. The summed E-state index contributed by atoms with van der Waals surface area (Å²) in [5, 5.41) is 39.9. The summed E-state index contributed by atoms with van der Waals surface area (Å²) in [6.45, 7) is 2.12. The van der Waals surface area contributed by atoms with Crippen molar-refractivity contribution in [2.75, 3.05) is 20.2 Å². The van der Waals surface area contributed by atoms with Gasteiger partial charge in [0.25, 0.3) is 0 Å². The molecule has 0 saturated carbocycles. The summed E-state index contributed by atoms with van der Waals surface area (Å²) < 4.78 is 0. The molecule has 0 aliphatic carbocycles. The molecule has 4 atom stereocenters. The van der Waals surface area contributed by atoms with E-state index in [1.54, 1.807) is 0 Å². The molecule has 0 aromatic rings. The van der Waals surface area contributed by atoms with E-state index in [0.29, 0.717) is 6.42 Å². The van der Waals surface area contributed by atoms with Crippen LogP contribution in [0.25, 0.3) is 0 Å². The molecule has 5 amide bonds. The highest BCUT2D eigenvalue weighted by Crippen LogP contribution is 2.13. The quantitative estimate of drug-likeness (QED) is 0.0628. The maximum Gasteiger partial charge on any atom is 0.305 e. The number of carbonyl (C=O) groups excluding carboxylic acids is 5. The molecule has 0 rings (SSSR count). The van der Waals surface area contributed by atoms with Crippen molar-refractivity contribution in [2.24, 2.45) is 0 Å². The normalized spacial score (nSPS) is 13.6. The SMILES string of the molecule is CCCCCCCCCCCCCCCC(=O)NCC(=O)N[C@@H](CO)C(=O)N[C@H](C(=O)N[C@@H](CC(=O)O)C(=O)NC)[C@@H](C)O. The molecule has 14 nitrogen and oxygen atoms in total. The maximum atomic E-state index is 12.6. The highest BCUT2D eigenvalue weighted by atomic mass is 16.4. The van der Waals surface area contributed by atoms with E-state index in [1.807, 2.05) is 0 Å². The number of likely N-dealkylation sites (N-methyl/N-ethyl adjacent to an activating group) is 1. The molecule has 0 aromatic carbocycles. The predicted octanol–water partition coefficient (Wildman–Crippen LogP) is 0.632. The van der Waals surface area contributed by atoms with Crippen LogP contribution in [0.3, 0.4) is 0 Å². The lowest BCUT2D eigenvalue weighted by Gasteiger charge is -2.25. The monoisotopic (exact) mass is 629 g/mol. The number of aliphatic carboxylic acids is 1. The minimum absolute atomic E-state index is 0.263. The van der Waals surface area contributed by atoms with Crippen molar-refractivity contribution in [1.29, 1.82) is 0 Å². The van der Waals surface area contributed by atoms with E-state index < -0.39 is 73.4 Å². The summed E-state index contributed by atoms with van der Waals surface area (Å²) in [6.07, 6.45) is 13.5. The van der Waals surface area contributed by atoms with Crippen molar-refractivity contribution < 1.29 is 44.1 Å². The first-order valence-corrected chi connectivity index (χ1v) is 15.9. The fraction of sp³-hybridized carbons (Fsp3) is 0.800. The fourth-order valence-electron chi connectivity index (χ4n) is 4.49. The van der Waals surface area contributed by atoms with E-state index in [2.05, 4.69) is 33.5 Å². The molecule has 0 spiro atoms. The predicted molar refractivity (Wildman–Crippen MR) is 164 cm³/mol. The van der Waals surface area contributed by atoms with Crippen LogP contribution in [0.4, 0.5) is 0 Å². The number of rotatable bonds is 26. The Balaban J connectivity index is 4.42. The van der Waals surface area contributed by atoms with Gasteiger partial charge < -0.3 is 41.9 Å². The van der Waals surface area contributed by atoms with Gasteiger partial charge in [0.05, 0.1) is 25.7 Å². The van der Waals surface area contributed by atoms with Gasteiger partial charge in [-0.25, -0.2) is 0 Å². The first-order chi connectivity index (χ1) is 21.0. The Bertz CT molecular complexity index is 885. The standard InChI is InChI=1S/C30H55N5O9/c1-4-5-6-7-8-9-10-11-12-13-14-15-16-17-24(38)32-19-25(39)33-23(20-36)29(43)35-27(21(2)37)30(44)34-22(18-26(40)41)28(42)31-3/h21-23,27,36-37H,4-20H2,1-3H3,(H,31,42)(H,32,38)(H,33,39)(H,34,44)(H,35,43)(H,40,41)/t21-,22+,23+,27+/m1/s1. The third-order valence-electron chi connectivity index (χ3n) is 7.11. The van der Waals surface area contributed by atoms with Crippen LogP contribution in [-0.4, -0.2) is 95.3 Å². The van der Waals surface area contributed by atoms with Gasteiger partial charge in [-0.1, -0.05) is 84.0 Å². The van der Waals surface area contributed by atoms with Gasteiger partial charge in [0.15, 0.2) is 0 Å². The lowest BCUT2D eigenvalue weighted by molar-refractivity contribution is -0.141. The summed E-state index contributed by atoms with van der Waals surface area (Å²) in [5.74, 6) is -5.30. The zero-order chi connectivity index (χ0) is 33.3. The third kappa shape index (κ3) is 19.8. The number of unbranched alkanes of at least 4 members (excludes halogenated alkanes) is 12. The van der Waals surface area contributed by atoms with Crippen molar-refractivity contribution in [3.05, 3.63) is 0 Å². The van der Waals surface area contributed by atoms with E-state index in [0.717, 1.165) is 19.3 Å². The molecule has 8 N–H and O–H groups in total. The highest BCUT2D eigenvalue weighted by Gasteiger charge is 2.32. The smallest absolute Gasteiger partial charge is 0.305 e. The number of aliphatic hydroxyl groups is 2. The van der Waals surface area contributed by atoms with Crippen LogP contribution in [0, 0.1) is 0 Å². The molecule has 0 radical (unpaired) electrons. The summed E-state index contributed by atoms with van der Waals surface area (Å²) in [4.78, 5) is 72.6. The maximum absolute atomic E-state index is 12.6. The summed E-state index contributed by atoms with van der Waals surface area (Å²) >= 11 is 0. The highest BCUT2D eigenvalue weighted by molar-refractivity contribution is 5.96. The molecule has 0 fully saturated rings. The Hall–Kier alpha value is -3.26. The first kappa shape index (κ1) is 40.7. The third-order valence-corrected chi connectivity index (χ3v) is 7.11. The van der Waals surface area contributed by atoms with Gasteiger partial charge >= 0.3 is 5.97 Å². The second kappa shape index (κ2) is 25.1. The molecule has 0 aliphatic heterocycles. The first-order valence-electron chi connectivity index (χ1n) is 15.9. The molecule has 0 bridgehead atoms. The van der Waals surface area contributed by atoms with E-state index in [9.17, 15) is 39.0 Å². The Labute approximate surface area is 260 Å². The number of hydrogen-bond donors (Lipinski definition) is 8. The van der Waals surface area contributed by atoms with Crippen LogP contribution in [-0.2, 0) is 28.8 Å². The van der Waals surface area contributed by atoms with E-state index in [1.165, 1.54) is 71.8 Å². The number of carboxylic acid groups (broad SMARTS) is 1. The number of carboxylic acids is 1. The Morgan fingerprint density at radius 2 is 1.18 bits per heavy atom. The Morgan fingerprint density at radius 3 is 1.64 bits per heavy atom. The van der Waals surface area contributed by atoms with Gasteiger partial charge in [-0.15, -0.1) is 0 Å². The topological polar surface area (TPSA) is 223 Å². The van der Waals surface area contributed by atoms with Crippen molar-refractivity contribution in [3.63, 3.8) is 0 Å². The molecule has 0 heterocycles. The van der Waals surface area contributed by atoms with E-state index in [4.69, 9.17) is 5.11 Å². The molecule has 14 heteroatoms. The van der Waals surface area contributed by atoms with Crippen LogP contribution in [0.5, 0.6) is 0 Å². The zero-order valence-corrected chi connectivity index (χ0v) is 26.6. The van der Waals surface area contributed by atoms with Crippen LogP contribution in [0.15, 0.2) is 0 Å². The number of carbonyl (C=O) groups is 6. The molecule has 44 heavy (non-hydrogen) atoms. The minimum Gasteiger partial charge on any atom is -0.481 e. The second-order valence-electron chi connectivity index (χ2n) is 11.1. The van der Waals surface area contributed by atoms with Crippen molar-refractivity contribution in [2.45, 2.75) is 134 Å². The van der Waals surface area contributed by atoms with Gasteiger partial charge in [-0.3, -0.25) is 28.8 Å². The van der Waals surface area contributed by atoms with E-state index >= 15 is 0 Å². The average molecular weight is 630 g/mol. The van der Waals surface area contributed by atoms with Crippen LogP contribution >= 0.6 is 0 Å². The number of amides is 5. The lowest BCUT2D eigenvalue weighted by Crippen LogP contribution is -2.60. The van der Waals surface area contributed by atoms with Gasteiger partial charge in [0.1, 0.15) is 18.1 Å².